The van der Waals surface area contributed by atoms with E-state index in [1.54, 1.807) is 19.1 Å². The van der Waals surface area contributed by atoms with Crippen molar-refractivity contribution in [2.45, 2.75) is 27.7 Å². The van der Waals surface area contributed by atoms with Gasteiger partial charge in [0, 0.05) is 17.1 Å². The van der Waals surface area contributed by atoms with Gasteiger partial charge in [-0.3, -0.25) is 4.79 Å². The van der Waals surface area contributed by atoms with E-state index in [-0.39, 0.29) is 11.9 Å². The highest BCUT2D eigenvalue weighted by atomic mass is 16.5. The van der Waals surface area contributed by atoms with Gasteiger partial charge < -0.3 is 9.30 Å². The number of hydrogen-bond acceptors (Lipinski definition) is 4. The summed E-state index contributed by atoms with van der Waals surface area (Å²) in [6.07, 6.45) is 1.90. The molecule has 1 amide bonds. The number of hydrogen-bond donors (Lipinski definition) is 0. The number of para-hydroxylation sites is 1. The van der Waals surface area contributed by atoms with Crippen molar-refractivity contribution in [3.63, 3.8) is 0 Å². The van der Waals surface area contributed by atoms with E-state index in [4.69, 9.17) is 4.74 Å². The van der Waals surface area contributed by atoms with Crippen molar-refractivity contribution in [1.82, 2.24) is 4.57 Å². The molecule has 162 valence electrons. The van der Waals surface area contributed by atoms with Gasteiger partial charge in [0.2, 0.25) is 0 Å². The molecule has 0 fully saturated rings. The first-order chi connectivity index (χ1) is 15.4. The number of aromatic nitrogens is 1. The zero-order valence-corrected chi connectivity index (χ0v) is 18.6. The highest BCUT2D eigenvalue weighted by Gasteiger charge is 2.29. The molecule has 0 radical (unpaired) electrons. The molecule has 2 heterocycles. The van der Waals surface area contributed by atoms with Crippen LogP contribution in [0.1, 0.15) is 41.2 Å². The predicted molar refractivity (Wildman–Crippen MR) is 126 cm³/mol. The Bertz CT molecular complexity index is 1240. The second-order valence-electron chi connectivity index (χ2n) is 7.63. The number of ether oxygens (including phenoxy) is 1. The summed E-state index contributed by atoms with van der Waals surface area (Å²) in [5.74, 6) is -0.472. The van der Waals surface area contributed by atoms with Gasteiger partial charge in [-0.2, -0.15) is 10.1 Å². The molecule has 6 heteroatoms. The summed E-state index contributed by atoms with van der Waals surface area (Å²) in [4.78, 5) is 25.0. The lowest BCUT2D eigenvalue weighted by Crippen LogP contribution is -2.21. The fourth-order valence-electron chi connectivity index (χ4n) is 3.88. The zero-order valence-electron chi connectivity index (χ0n) is 18.6. The predicted octanol–water partition coefficient (Wildman–Crippen LogP) is 5.08. The fraction of sp³-hybridized carbons (Fsp3) is 0.192. The van der Waals surface area contributed by atoms with Gasteiger partial charge in [-0.15, -0.1) is 0 Å². The van der Waals surface area contributed by atoms with Crippen LogP contribution in [0.15, 0.2) is 71.3 Å². The molecule has 0 atom stereocenters. The van der Waals surface area contributed by atoms with E-state index in [1.807, 2.05) is 75.4 Å². The summed E-state index contributed by atoms with van der Waals surface area (Å²) in [5.41, 5.74) is 6.43. The van der Waals surface area contributed by atoms with E-state index < -0.39 is 0 Å². The Kier molecular flexibility index (Phi) is 5.77. The summed E-state index contributed by atoms with van der Waals surface area (Å²) in [6, 6.07) is 18.8. The van der Waals surface area contributed by atoms with Crippen LogP contribution in [-0.2, 0) is 9.53 Å². The van der Waals surface area contributed by atoms with Gasteiger partial charge in [-0.25, -0.2) is 4.79 Å². The minimum atomic E-state index is -0.331. The molecule has 1 aliphatic heterocycles. The number of amides is 1. The lowest BCUT2D eigenvalue weighted by Gasteiger charge is -2.11. The quantitative estimate of drug-likeness (QED) is 0.421. The maximum atomic E-state index is 13.0. The number of anilines is 1. The van der Waals surface area contributed by atoms with Crippen LogP contribution >= 0.6 is 0 Å². The van der Waals surface area contributed by atoms with E-state index in [0.29, 0.717) is 23.5 Å². The van der Waals surface area contributed by atoms with Gasteiger partial charge in [0.1, 0.15) is 0 Å². The maximum Gasteiger partial charge on any atom is 0.338 e. The number of carbonyl (C=O) groups excluding carboxylic acids is 2. The lowest BCUT2D eigenvalue weighted by molar-refractivity contribution is -0.114. The number of rotatable bonds is 5. The Labute approximate surface area is 187 Å². The van der Waals surface area contributed by atoms with Gasteiger partial charge in [0.25, 0.3) is 5.91 Å². The normalized spacial score (nSPS) is 14.8. The molecule has 4 rings (SSSR count). The van der Waals surface area contributed by atoms with Gasteiger partial charge >= 0.3 is 5.97 Å². The maximum absolute atomic E-state index is 13.0. The Balaban J connectivity index is 1.65. The number of nitrogens with zero attached hydrogens (tertiary/aromatic N) is 3. The molecule has 0 spiro atoms. The number of carbonyl (C=O) groups is 2. The molecule has 1 aromatic heterocycles. The first-order valence-electron chi connectivity index (χ1n) is 10.5. The minimum absolute atomic E-state index is 0.141. The molecule has 0 bridgehead atoms. The van der Waals surface area contributed by atoms with Crippen LogP contribution in [-0.4, -0.2) is 28.8 Å². The van der Waals surface area contributed by atoms with Crippen LogP contribution in [0.25, 0.3) is 11.8 Å². The monoisotopic (exact) mass is 427 g/mol. The van der Waals surface area contributed by atoms with Crippen molar-refractivity contribution in [3.8, 4) is 5.69 Å². The highest BCUT2D eigenvalue weighted by molar-refractivity contribution is 6.32. The summed E-state index contributed by atoms with van der Waals surface area (Å²) < 4.78 is 7.16. The Morgan fingerprint density at radius 1 is 1.00 bits per heavy atom. The molecule has 1 aliphatic rings. The van der Waals surface area contributed by atoms with Crippen LogP contribution in [0.5, 0.6) is 0 Å². The average Bonchev–Trinajstić information content (AvgIpc) is 3.24. The first-order valence-corrected chi connectivity index (χ1v) is 10.5. The van der Waals surface area contributed by atoms with Crippen LogP contribution < -0.4 is 5.01 Å². The van der Waals surface area contributed by atoms with Crippen LogP contribution in [0.2, 0.25) is 0 Å². The Hall–Kier alpha value is -3.93. The van der Waals surface area contributed by atoms with Gasteiger partial charge in [-0.1, -0.05) is 18.2 Å². The molecule has 3 aromatic rings. The molecule has 0 saturated heterocycles. The molecule has 0 saturated carbocycles. The molecule has 0 N–H and O–H groups in total. The fourth-order valence-corrected chi connectivity index (χ4v) is 3.88. The highest BCUT2D eigenvalue weighted by Crippen LogP contribution is 2.28. The molecule has 2 aromatic carbocycles. The van der Waals surface area contributed by atoms with E-state index in [1.165, 1.54) is 5.01 Å². The van der Waals surface area contributed by atoms with E-state index in [2.05, 4.69) is 9.67 Å². The molecular formula is C26H25N3O3. The van der Waals surface area contributed by atoms with Crippen LogP contribution in [0.4, 0.5) is 5.69 Å². The third-order valence-corrected chi connectivity index (χ3v) is 5.47. The van der Waals surface area contributed by atoms with Crippen molar-refractivity contribution >= 4 is 29.4 Å². The molecular weight excluding hydrogens is 402 g/mol. The third kappa shape index (κ3) is 3.87. The number of hydrazone groups is 1. The second-order valence-corrected chi connectivity index (χ2v) is 7.63. The first kappa shape index (κ1) is 21.3. The van der Waals surface area contributed by atoms with Gasteiger partial charge in [0.15, 0.2) is 0 Å². The lowest BCUT2D eigenvalue weighted by atomic mass is 10.1. The molecule has 0 aliphatic carbocycles. The third-order valence-electron chi connectivity index (χ3n) is 5.47. The standard InChI is InChI=1S/C26H25N3O3/c1-5-32-26(31)20-11-13-22(14-12-20)28-17(2)15-21(19(28)4)16-24-18(3)27-29(25(24)30)23-9-7-6-8-10-23/h6-16H,5H2,1-4H3/b24-16-. The minimum Gasteiger partial charge on any atom is -0.462 e. The Morgan fingerprint density at radius 3 is 2.34 bits per heavy atom. The number of aryl methyl sites for hydroxylation is 1. The summed E-state index contributed by atoms with van der Waals surface area (Å²) in [7, 11) is 0. The summed E-state index contributed by atoms with van der Waals surface area (Å²) in [5, 5.41) is 5.90. The van der Waals surface area contributed by atoms with Gasteiger partial charge in [0.05, 0.1) is 29.1 Å². The summed E-state index contributed by atoms with van der Waals surface area (Å²) >= 11 is 0. The van der Waals surface area contributed by atoms with Crippen molar-refractivity contribution in [3.05, 3.63) is 88.8 Å². The molecule has 6 nitrogen and oxygen atoms in total. The van der Waals surface area contributed by atoms with Crippen LogP contribution in [0, 0.1) is 13.8 Å². The smallest absolute Gasteiger partial charge is 0.338 e. The van der Waals surface area contributed by atoms with Crippen molar-refractivity contribution in [2.75, 3.05) is 11.6 Å². The topological polar surface area (TPSA) is 63.9 Å². The van der Waals surface area contributed by atoms with Crippen molar-refractivity contribution in [2.24, 2.45) is 5.10 Å². The molecule has 32 heavy (non-hydrogen) atoms. The van der Waals surface area contributed by atoms with Crippen molar-refractivity contribution < 1.29 is 14.3 Å². The second kappa shape index (κ2) is 8.67. The molecule has 0 unspecified atom stereocenters. The number of esters is 1. The number of benzene rings is 2. The Morgan fingerprint density at radius 2 is 1.69 bits per heavy atom. The van der Waals surface area contributed by atoms with Crippen LogP contribution in [0.3, 0.4) is 0 Å². The average molecular weight is 428 g/mol. The van der Waals surface area contributed by atoms with Crippen molar-refractivity contribution in [1.29, 1.82) is 0 Å². The largest absolute Gasteiger partial charge is 0.462 e. The van der Waals surface area contributed by atoms with E-state index in [9.17, 15) is 9.59 Å². The SMILES string of the molecule is CCOC(=O)c1ccc(-n2c(C)cc(/C=C3\C(=O)N(c4ccccc4)N=C3C)c2C)cc1. The van der Waals surface area contributed by atoms with E-state index >= 15 is 0 Å². The van der Waals surface area contributed by atoms with Gasteiger partial charge in [-0.05, 0) is 81.8 Å². The summed E-state index contributed by atoms with van der Waals surface area (Å²) in [6.45, 7) is 8.01. The zero-order chi connectivity index (χ0) is 22.8. The van der Waals surface area contributed by atoms with E-state index in [0.717, 1.165) is 28.3 Å².